The van der Waals surface area contributed by atoms with Crippen molar-refractivity contribution in [2.45, 2.75) is 5.71 Å². The quantitative estimate of drug-likeness (QED) is 0.303. The molecule has 2 heterocycles. The van der Waals surface area contributed by atoms with Crippen LogP contribution in [-0.2, 0) is 4.74 Å². The number of halogens is 2. The zero-order chi connectivity index (χ0) is 14.0. The predicted octanol–water partition coefficient (Wildman–Crippen LogP) is 1.35. The minimum absolute atomic E-state index is 0.0450. The number of ether oxygens (including phenoxy) is 1. The van der Waals surface area contributed by atoms with E-state index < -0.39 is 20.6 Å². The van der Waals surface area contributed by atoms with E-state index in [1.807, 2.05) is 34.7 Å². The first kappa shape index (κ1) is 14.8. The number of hydrogen-bond donors (Lipinski definition) is 0. The van der Waals surface area contributed by atoms with Gasteiger partial charge in [0, 0.05) is 0 Å². The molecule has 5 nitrogen and oxygen atoms in total. The molecule has 100 valence electrons. The topological polar surface area (TPSA) is 65.2 Å². The Hall–Kier alpha value is -0.592. The van der Waals surface area contributed by atoms with Gasteiger partial charge in [0.1, 0.15) is 0 Å². The fourth-order valence-electron chi connectivity index (χ4n) is 1.43. The number of carbonyl (C=O) groups is 1. The number of hydrogen-bond acceptors (Lipinski definition) is 5. The third-order valence-electron chi connectivity index (χ3n) is 2.34. The van der Waals surface area contributed by atoms with Crippen molar-refractivity contribution in [2.24, 2.45) is 0 Å². The summed E-state index contributed by atoms with van der Waals surface area (Å²) in [6.45, 7) is 0. The number of aromatic nitrogens is 2. The van der Waals surface area contributed by atoms with E-state index in [1.165, 1.54) is 7.11 Å². The Morgan fingerprint density at radius 2 is 2.26 bits per heavy atom. The van der Waals surface area contributed by atoms with Crippen molar-refractivity contribution < 1.29 is 13.9 Å². The van der Waals surface area contributed by atoms with Gasteiger partial charge >= 0.3 is 134 Å². The monoisotopic (exact) mass is 454 g/mol. The van der Waals surface area contributed by atoms with Gasteiger partial charge in [-0.25, -0.2) is 0 Å². The number of esters is 1. The van der Waals surface area contributed by atoms with Crippen molar-refractivity contribution in [3.8, 4) is 0 Å². The van der Waals surface area contributed by atoms with Gasteiger partial charge in [0.05, 0.1) is 0 Å². The molecule has 0 amide bonds. The molecule has 2 aromatic rings. The molecular weight excluding hydrogens is 445 g/mol. The summed E-state index contributed by atoms with van der Waals surface area (Å²) in [4.78, 5) is 19.8. The molecule has 1 unspecified atom stereocenters. The molecule has 2 aromatic heterocycles. The third-order valence-corrected chi connectivity index (χ3v) is 8.39. The van der Waals surface area contributed by atoms with Crippen LogP contribution < -0.4 is 9.03 Å². The number of furan rings is 1. The SMILES string of the molecule is COC(=O)c1nc(Cl)nc([As](C)c2ccco2)c1I. The van der Waals surface area contributed by atoms with Crippen LogP contribution in [0.1, 0.15) is 10.5 Å². The van der Waals surface area contributed by atoms with Crippen LogP contribution in [0.15, 0.2) is 22.8 Å². The first-order valence-corrected chi connectivity index (χ1v) is 10.3. The molecule has 0 aliphatic heterocycles. The molecule has 8 heteroatoms. The molecule has 19 heavy (non-hydrogen) atoms. The molecule has 0 bridgehead atoms. The van der Waals surface area contributed by atoms with Crippen molar-refractivity contribution in [2.75, 3.05) is 7.11 Å². The van der Waals surface area contributed by atoms with Crippen LogP contribution in [0.25, 0.3) is 0 Å². The van der Waals surface area contributed by atoms with Gasteiger partial charge in [-0.2, -0.15) is 0 Å². The maximum absolute atomic E-state index is 11.7. The van der Waals surface area contributed by atoms with Crippen LogP contribution >= 0.6 is 34.2 Å². The zero-order valence-electron chi connectivity index (χ0n) is 10.1. The summed E-state index contributed by atoms with van der Waals surface area (Å²) in [5, 5.41) is 0.0450. The first-order valence-electron chi connectivity index (χ1n) is 5.13. The van der Waals surface area contributed by atoms with E-state index >= 15 is 0 Å². The molecule has 0 spiro atoms. The van der Waals surface area contributed by atoms with Gasteiger partial charge in [-0.1, -0.05) is 0 Å². The van der Waals surface area contributed by atoms with Crippen molar-refractivity contribution >= 4 is 63.8 Å². The summed E-state index contributed by atoms with van der Waals surface area (Å²) in [6, 6.07) is 3.74. The normalized spacial score (nSPS) is 12.2. The number of methoxy groups -OCH3 is 1. The number of rotatable bonds is 3. The fourth-order valence-corrected chi connectivity index (χ4v) is 6.97. The van der Waals surface area contributed by atoms with Crippen LogP contribution in [0.5, 0.6) is 0 Å². The second-order valence-electron chi connectivity index (χ2n) is 3.48. The molecule has 0 aliphatic rings. The molecule has 2 rings (SSSR count). The summed E-state index contributed by atoms with van der Waals surface area (Å²) in [5.74, 6) is -0.517. The van der Waals surface area contributed by atoms with Gasteiger partial charge in [-0.05, 0) is 0 Å². The Morgan fingerprint density at radius 1 is 1.53 bits per heavy atom. The standard InChI is InChI=1S/C11H9AsClIN2O3/c1-12(6-4-3-5-19-6)9-7(14)8(10(17)18-2)15-11(13)16-9/h3-5H,1-2H3. The van der Waals surface area contributed by atoms with E-state index in [4.69, 9.17) is 20.8 Å². The molecule has 1 atom stereocenters. The van der Waals surface area contributed by atoms with Gasteiger partial charge in [0.25, 0.3) is 0 Å². The average molecular weight is 454 g/mol. The maximum atomic E-state index is 11.7. The molecule has 0 radical (unpaired) electrons. The molecule has 0 saturated carbocycles. The molecule has 0 fully saturated rings. The third kappa shape index (κ3) is 3.12. The Labute approximate surface area is 133 Å². The molecule has 0 N–H and O–H groups in total. The molecule has 0 aliphatic carbocycles. The summed E-state index contributed by atoms with van der Waals surface area (Å²) in [5.41, 5.74) is 2.26. The first-order chi connectivity index (χ1) is 9.04. The van der Waals surface area contributed by atoms with E-state index in [0.29, 0.717) is 3.57 Å². The van der Waals surface area contributed by atoms with Crippen molar-refractivity contribution in [1.29, 1.82) is 0 Å². The summed E-state index contributed by atoms with van der Waals surface area (Å²) in [7, 11) is 1.31. The number of nitrogens with zero attached hydrogens (tertiary/aromatic N) is 2. The van der Waals surface area contributed by atoms with Crippen molar-refractivity contribution in [3.05, 3.63) is 32.9 Å². The van der Waals surface area contributed by atoms with Gasteiger partial charge in [0.15, 0.2) is 0 Å². The summed E-state index contributed by atoms with van der Waals surface area (Å²) >= 11 is 6.22. The molecule has 0 aromatic carbocycles. The van der Waals surface area contributed by atoms with Gasteiger partial charge in [0.2, 0.25) is 0 Å². The molecular formula is C11H9AsClIN2O3. The van der Waals surface area contributed by atoms with E-state index in [1.54, 1.807) is 6.26 Å². The van der Waals surface area contributed by atoms with E-state index in [-0.39, 0.29) is 11.0 Å². The van der Waals surface area contributed by atoms with Crippen LogP contribution in [-0.4, -0.2) is 37.7 Å². The molecule has 0 saturated heterocycles. The van der Waals surface area contributed by atoms with Crippen LogP contribution in [0.4, 0.5) is 0 Å². The van der Waals surface area contributed by atoms with Gasteiger partial charge < -0.3 is 0 Å². The Kier molecular flexibility index (Phi) is 4.86. The van der Waals surface area contributed by atoms with Crippen molar-refractivity contribution in [3.63, 3.8) is 0 Å². The Bertz CT molecular complexity index is 606. The van der Waals surface area contributed by atoms with Gasteiger partial charge in [-0.3, -0.25) is 0 Å². The van der Waals surface area contributed by atoms with Gasteiger partial charge in [-0.15, -0.1) is 0 Å². The van der Waals surface area contributed by atoms with Crippen molar-refractivity contribution in [1.82, 2.24) is 9.97 Å². The number of carbonyl (C=O) groups excluding carboxylic acids is 1. The fraction of sp³-hybridized carbons (Fsp3) is 0.182. The average Bonchev–Trinajstić information content (AvgIpc) is 2.93. The Morgan fingerprint density at radius 3 is 2.84 bits per heavy atom. The summed E-state index contributed by atoms with van der Waals surface area (Å²) < 4.78 is 12.5. The van der Waals surface area contributed by atoms with Crippen LogP contribution in [0, 0.1) is 3.57 Å². The van der Waals surface area contributed by atoms with Crippen LogP contribution in [0.3, 0.4) is 0 Å². The zero-order valence-corrected chi connectivity index (χ0v) is 14.8. The predicted molar refractivity (Wildman–Crippen MR) is 80.7 cm³/mol. The van der Waals surface area contributed by atoms with E-state index in [9.17, 15) is 4.79 Å². The van der Waals surface area contributed by atoms with Crippen LogP contribution in [0.2, 0.25) is 11.0 Å². The van der Waals surface area contributed by atoms with E-state index in [2.05, 4.69) is 15.7 Å². The second-order valence-corrected chi connectivity index (χ2v) is 9.06. The minimum atomic E-state index is -1.71. The summed E-state index contributed by atoms with van der Waals surface area (Å²) in [6.07, 6.45) is 1.62. The van der Waals surface area contributed by atoms with E-state index in [0.717, 1.165) is 9.03 Å². The second kappa shape index (κ2) is 6.24. The Balaban J connectivity index is 2.52.